The molecule has 23 heavy (non-hydrogen) atoms. The van der Waals surface area contributed by atoms with Gasteiger partial charge in [-0.05, 0) is 31.9 Å². The Kier molecular flexibility index (Phi) is 8.18. The van der Waals surface area contributed by atoms with Crippen LogP contribution >= 0.6 is 24.0 Å². The number of nitrogens with one attached hydrogen (secondary N) is 2. The zero-order chi connectivity index (χ0) is 16.1. The zero-order valence-electron chi connectivity index (χ0n) is 14.2. The molecule has 0 aliphatic carbocycles. The quantitative estimate of drug-likeness (QED) is 0.433. The van der Waals surface area contributed by atoms with E-state index in [1.165, 1.54) is 6.07 Å². The van der Waals surface area contributed by atoms with E-state index >= 15 is 0 Å². The molecule has 0 spiro atoms. The maximum atomic E-state index is 13.6. The van der Waals surface area contributed by atoms with Gasteiger partial charge in [-0.3, -0.25) is 14.9 Å². The number of guanidine groups is 1. The first kappa shape index (κ1) is 20.1. The van der Waals surface area contributed by atoms with E-state index < -0.39 is 0 Å². The van der Waals surface area contributed by atoms with Gasteiger partial charge in [-0.2, -0.15) is 0 Å². The second kappa shape index (κ2) is 9.36. The van der Waals surface area contributed by atoms with Crippen LogP contribution in [0.5, 0.6) is 0 Å². The highest BCUT2D eigenvalue weighted by molar-refractivity contribution is 14.0. The molecule has 2 rings (SSSR count). The van der Waals surface area contributed by atoms with E-state index in [2.05, 4.69) is 46.3 Å². The summed E-state index contributed by atoms with van der Waals surface area (Å²) in [4.78, 5) is 10.7. The van der Waals surface area contributed by atoms with Crippen molar-refractivity contribution in [2.24, 2.45) is 10.9 Å². The molecule has 0 radical (unpaired) electrons. The fraction of sp³-hybridized carbons (Fsp3) is 0.625. The summed E-state index contributed by atoms with van der Waals surface area (Å²) in [5.41, 5.74) is 0.397. The summed E-state index contributed by atoms with van der Waals surface area (Å²) in [7, 11) is 1.73. The van der Waals surface area contributed by atoms with Gasteiger partial charge in [-0.1, -0.05) is 6.92 Å². The number of aliphatic imine (C=N–C) groups is 1. The molecular formula is C16H27FIN5. The molecule has 1 aromatic rings. The van der Waals surface area contributed by atoms with Crippen molar-refractivity contribution in [3.05, 3.63) is 29.8 Å². The first-order valence-corrected chi connectivity index (χ1v) is 7.82. The minimum Gasteiger partial charge on any atom is -0.352 e. The Morgan fingerprint density at radius 2 is 2.22 bits per heavy atom. The normalized spacial score (nSPS) is 22.1. The van der Waals surface area contributed by atoms with Crippen LogP contribution in [0.1, 0.15) is 26.5 Å². The van der Waals surface area contributed by atoms with E-state index in [-0.39, 0.29) is 29.8 Å². The van der Waals surface area contributed by atoms with Gasteiger partial charge in [0.15, 0.2) is 5.96 Å². The van der Waals surface area contributed by atoms with E-state index in [1.807, 2.05) is 0 Å². The van der Waals surface area contributed by atoms with Crippen molar-refractivity contribution in [3.63, 3.8) is 0 Å². The van der Waals surface area contributed by atoms with Crippen molar-refractivity contribution < 1.29 is 4.39 Å². The van der Waals surface area contributed by atoms with Crippen molar-refractivity contribution >= 4 is 29.9 Å². The molecule has 2 N–H and O–H groups in total. The summed E-state index contributed by atoms with van der Waals surface area (Å²) < 4.78 is 13.6. The monoisotopic (exact) mass is 435 g/mol. The van der Waals surface area contributed by atoms with Crippen molar-refractivity contribution in [1.82, 2.24) is 20.5 Å². The number of hydrogen-bond acceptors (Lipinski definition) is 3. The van der Waals surface area contributed by atoms with Crippen molar-refractivity contribution in [1.29, 1.82) is 0 Å². The molecule has 1 aliphatic heterocycles. The summed E-state index contributed by atoms with van der Waals surface area (Å²) in [6.45, 7) is 9.07. The minimum absolute atomic E-state index is 0. The first-order valence-electron chi connectivity index (χ1n) is 7.82. The third-order valence-electron chi connectivity index (χ3n) is 4.17. The largest absolute Gasteiger partial charge is 0.352 e. The third-order valence-corrected chi connectivity index (χ3v) is 4.17. The van der Waals surface area contributed by atoms with Crippen LogP contribution < -0.4 is 10.6 Å². The molecule has 0 amide bonds. The Labute approximate surface area is 155 Å². The van der Waals surface area contributed by atoms with Crippen LogP contribution in [0.25, 0.3) is 0 Å². The molecule has 2 unspecified atom stereocenters. The van der Waals surface area contributed by atoms with Gasteiger partial charge < -0.3 is 10.6 Å². The summed E-state index contributed by atoms with van der Waals surface area (Å²) in [6, 6.07) is 3.90. The van der Waals surface area contributed by atoms with Gasteiger partial charge in [-0.25, -0.2) is 4.39 Å². The Balaban J connectivity index is 0.00000264. The highest BCUT2D eigenvalue weighted by Crippen LogP contribution is 2.18. The molecule has 5 nitrogen and oxygen atoms in total. The standard InChI is InChI=1S/C16H26FN5.HI/c1-11(2)22-9-12(3)15(10-22)21-16(18-4)20-8-14-13(17)6-5-7-19-14;/h5-7,11-12,15H,8-10H2,1-4H3,(H2,18,20,21);1H. The molecule has 2 heterocycles. The van der Waals surface area contributed by atoms with Gasteiger partial charge in [0.25, 0.3) is 0 Å². The summed E-state index contributed by atoms with van der Waals surface area (Å²) in [5, 5.41) is 6.57. The van der Waals surface area contributed by atoms with Crippen LogP contribution in [-0.4, -0.2) is 48.1 Å². The molecule has 0 bridgehead atoms. The maximum Gasteiger partial charge on any atom is 0.191 e. The molecule has 2 atom stereocenters. The molecular weight excluding hydrogens is 408 g/mol. The van der Waals surface area contributed by atoms with E-state index in [1.54, 1.807) is 19.3 Å². The lowest BCUT2D eigenvalue weighted by Gasteiger charge is -2.21. The van der Waals surface area contributed by atoms with Crippen LogP contribution in [0.15, 0.2) is 23.3 Å². The topological polar surface area (TPSA) is 52.6 Å². The highest BCUT2D eigenvalue weighted by atomic mass is 127. The Morgan fingerprint density at radius 3 is 2.78 bits per heavy atom. The van der Waals surface area contributed by atoms with Crippen LogP contribution in [-0.2, 0) is 6.54 Å². The Bertz CT molecular complexity index is 523. The van der Waals surface area contributed by atoms with Crippen molar-refractivity contribution in [2.45, 2.75) is 39.4 Å². The molecule has 130 valence electrons. The van der Waals surface area contributed by atoms with Crippen LogP contribution in [0.2, 0.25) is 0 Å². The maximum absolute atomic E-state index is 13.6. The van der Waals surface area contributed by atoms with E-state index in [0.717, 1.165) is 13.1 Å². The van der Waals surface area contributed by atoms with Crippen molar-refractivity contribution in [2.75, 3.05) is 20.1 Å². The predicted octanol–water partition coefficient (Wildman–Crippen LogP) is 2.23. The fourth-order valence-corrected chi connectivity index (χ4v) is 2.70. The fourth-order valence-electron chi connectivity index (χ4n) is 2.70. The highest BCUT2D eigenvalue weighted by Gasteiger charge is 2.31. The van der Waals surface area contributed by atoms with Crippen LogP contribution in [0.3, 0.4) is 0 Å². The first-order chi connectivity index (χ1) is 10.5. The lowest BCUT2D eigenvalue weighted by atomic mass is 10.1. The van der Waals surface area contributed by atoms with Crippen molar-refractivity contribution in [3.8, 4) is 0 Å². The van der Waals surface area contributed by atoms with Crippen LogP contribution in [0, 0.1) is 11.7 Å². The lowest BCUT2D eigenvalue weighted by molar-refractivity contribution is 0.265. The smallest absolute Gasteiger partial charge is 0.191 e. The third kappa shape index (κ3) is 5.56. The molecule has 1 aliphatic rings. The average molecular weight is 435 g/mol. The number of halogens is 2. The zero-order valence-corrected chi connectivity index (χ0v) is 16.5. The van der Waals surface area contributed by atoms with Gasteiger partial charge in [0.2, 0.25) is 0 Å². The summed E-state index contributed by atoms with van der Waals surface area (Å²) >= 11 is 0. The summed E-state index contributed by atoms with van der Waals surface area (Å²) in [6.07, 6.45) is 1.59. The lowest BCUT2D eigenvalue weighted by Crippen LogP contribution is -2.46. The predicted molar refractivity (Wildman–Crippen MR) is 103 cm³/mol. The number of likely N-dealkylation sites (tertiary alicyclic amines) is 1. The van der Waals surface area contributed by atoms with Gasteiger partial charge in [0, 0.05) is 38.4 Å². The van der Waals surface area contributed by atoms with E-state index in [9.17, 15) is 4.39 Å². The molecule has 0 aromatic carbocycles. The second-order valence-electron chi connectivity index (χ2n) is 6.13. The number of rotatable bonds is 4. The molecule has 1 saturated heterocycles. The number of nitrogens with zero attached hydrogens (tertiary/aromatic N) is 3. The number of hydrogen-bond donors (Lipinski definition) is 2. The molecule has 7 heteroatoms. The Morgan fingerprint density at radius 1 is 1.48 bits per heavy atom. The van der Waals surface area contributed by atoms with Crippen LogP contribution in [0.4, 0.5) is 4.39 Å². The average Bonchev–Trinajstić information content (AvgIpc) is 2.86. The number of pyridine rings is 1. The SMILES string of the molecule is CN=C(NCc1ncccc1F)NC1CN(C(C)C)CC1C.I. The van der Waals surface area contributed by atoms with Gasteiger partial charge in [0.1, 0.15) is 5.82 Å². The number of aromatic nitrogens is 1. The van der Waals surface area contributed by atoms with E-state index in [4.69, 9.17) is 0 Å². The van der Waals surface area contributed by atoms with E-state index in [0.29, 0.717) is 36.2 Å². The Hall–Kier alpha value is -0.960. The van der Waals surface area contributed by atoms with Gasteiger partial charge in [0.05, 0.1) is 12.2 Å². The van der Waals surface area contributed by atoms with Gasteiger partial charge in [-0.15, -0.1) is 24.0 Å². The molecule has 1 aromatic heterocycles. The second-order valence-corrected chi connectivity index (χ2v) is 6.13. The molecule has 0 saturated carbocycles. The molecule has 1 fully saturated rings. The van der Waals surface area contributed by atoms with Gasteiger partial charge >= 0.3 is 0 Å². The minimum atomic E-state index is -0.300. The summed E-state index contributed by atoms with van der Waals surface area (Å²) in [5.74, 6) is 0.936.